The SMILES string of the molecule is CC(=CCO)CCC=C(C)C1CC=C(CC=CC(C)(C)O)C(=O)O1. The molecule has 0 aromatic heterocycles. The van der Waals surface area contributed by atoms with Crippen molar-refractivity contribution in [3.63, 3.8) is 0 Å². The monoisotopic (exact) mass is 334 g/mol. The van der Waals surface area contributed by atoms with Crippen LogP contribution in [0.2, 0.25) is 0 Å². The van der Waals surface area contributed by atoms with Gasteiger partial charge >= 0.3 is 5.97 Å². The van der Waals surface area contributed by atoms with Crippen LogP contribution >= 0.6 is 0 Å². The molecule has 0 saturated heterocycles. The van der Waals surface area contributed by atoms with E-state index in [4.69, 9.17) is 9.84 Å². The normalized spacial score (nSPS) is 20.3. The first-order valence-corrected chi connectivity index (χ1v) is 8.46. The number of aliphatic hydroxyl groups is 2. The Bertz CT molecular complexity index is 544. The van der Waals surface area contributed by atoms with Crippen LogP contribution in [-0.4, -0.2) is 34.5 Å². The number of esters is 1. The number of hydrogen-bond donors (Lipinski definition) is 2. The summed E-state index contributed by atoms with van der Waals surface area (Å²) in [5.74, 6) is -0.282. The van der Waals surface area contributed by atoms with Gasteiger partial charge in [0.25, 0.3) is 0 Å². The summed E-state index contributed by atoms with van der Waals surface area (Å²) in [7, 11) is 0. The molecule has 0 radical (unpaired) electrons. The van der Waals surface area contributed by atoms with Crippen molar-refractivity contribution in [1.82, 2.24) is 0 Å². The van der Waals surface area contributed by atoms with Gasteiger partial charge in [0, 0.05) is 12.0 Å². The van der Waals surface area contributed by atoms with Crippen LogP contribution in [0, 0.1) is 0 Å². The van der Waals surface area contributed by atoms with Crippen LogP contribution in [0.1, 0.15) is 53.4 Å². The highest BCUT2D eigenvalue weighted by Gasteiger charge is 2.23. The van der Waals surface area contributed by atoms with Gasteiger partial charge in [0.1, 0.15) is 6.10 Å². The maximum atomic E-state index is 12.1. The van der Waals surface area contributed by atoms with Gasteiger partial charge < -0.3 is 14.9 Å². The van der Waals surface area contributed by atoms with Gasteiger partial charge in [0.2, 0.25) is 0 Å². The van der Waals surface area contributed by atoms with Crippen molar-refractivity contribution in [3.8, 4) is 0 Å². The second kappa shape index (κ2) is 9.60. The molecule has 1 aliphatic heterocycles. The molecule has 1 atom stereocenters. The van der Waals surface area contributed by atoms with Crippen LogP contribution in [0.4, 0.5) is 0 Å². The fourth-order valence-corrected chi connectivity index (χ4v) is 2.42. The molecule has 1 unspecified atom stereocenters. The third-order valence-electron chi connectivity index (χ3n) is 3.91. The van der Waals surface area contributed by atoms with E-state index in [0.29, 0.717) is 18.4 Å². The lowest BCUT2D eigenvalue weighted by Gasteiger charge is -2.23. The number of rotatable bonds is 8. The van der Waals surface area contributed by atoms with Crippen molar-refractivity contribution in [1.29, 1.82) is 0 Å². The zero-order valence-corrected chi connectivity index (χ0v) is 15.2. The average molecular weight is 334 g/mol. The number of ether oxygens (including phenoxy) is 1. The van der Waals surface area contributed by atoms with Gasteiger partial charge in [-0.25, -0.2) is 4.79 Å². The lowest BCUT2D eigenvalue weighted by Crippen LogP contribution is -2.24. The van der Waals surface area contributed by atoms with Gasteiger partial charge in [-0.2, -0.15) is 0 Å². The first kappa shape index (κ1) is 20.4. The number of aliphatic hydroxyl groups excluding tert-OH is 1. The molecule has 1 rings (SSSR count). The molecule has 0 saturated carbocycles. The minimum atomic E-state index is -0.871. The minimum Gasteiger partial charge on any atom is -0.454 e. The van der Waals surface area contributed by atoms with Crippen molar-refractivity contribution in [2.45, 2.75) is 65.1 Å². The van der Waals surface area contributed by atoms with E-state index in [1.54, 1.807) is 32.1 Å². The van der Waals surface area contributed by atoms with E-state index in [2.05, 4.69) is 6.08 Å². The number of hydrogen-bond acceptors (Lipinski definition) is 4. The van der Waals surface area contributed by atoms with Crippen LogP contribution in [0.15, 0.2) is 47.1 Å². The molecule has 0 spiro atoms. The van der Waals surface area contributed by atoms with Crippen molar-refractivity contribution >= 4 is 5.97 Å². The number of carbonyl (C=O) groups is 1. The average Bonchev–Trinajstić information content (AvgIpc) is 2.47. The quantitative estimate of drug-likeness (QED) is 0.526. The predicted octanol–water partition coefficient (Wildman–Crippen LogP) is 3.61. The Morgan fingerprint density at radius 3 is 2.67 bits per heavy atom. The maximum absolute atomic E-state index is 12.1. The van der Waals surface area contributed by atoms with Crippen molar-refractivity contribution in [2.75, 3.05) is 6.61 Å². The molecule has 2 N–H and O–H groups in total. The van der Waals surface area contributed by atoms with Crippen molar-refractivity contribution in [2.24, 2.45) is 0 Å². The van der Waals surface area contributed by atoms with Crippen LogP contribution in [0.3, 0.4) is 0 Å². The van der Waals surface area contributed by atoms with Gasteiger partial charge in [-0.1, -0.05) is 36.0 Å². The molecular formula is C20H30O4. The van der Waals surface area contributed by atoms with Crippen LogP contribution in [0.5, 0.6) is 0 Å². The lowest BCUT2D eigenvalue weighted by molar-refractivity contribution is -0.143. The first-order chi connectivity index (χ1) is 11.2. The lowest BCUT2D eigenvalue weighted by atomic mass is 9.99. The zero-order chi connectivity index (χ0) is 18.2. The standard InChI is InChI=1S/C20H30O4/c1-15(12-14-21)7-5-8-16(2)18-11-10-17(19(22)24-18)9-6-13-20(3,4)23/h6,8,10,12-13,18,21,23H,5,7,9,11,14H2,1-4H3. The predicted molar refractivity (Wildman–Crippen MR) is 96.5 cm³/mol. The third-order valence-corrected chi connectivity index (χ3v) is 3.91. The molecule has 24 heavy (non-hydrogen) atoms. The Morgan fingerprint density at radius 2 is 2.08 bits per heavy atom. The van der Waals surface area contributed by atoms with E-state index in [1.165, 1.54) is 0 Å². The Morgan fingerprint density at radius 1 is 1.38 bits per heavy atom. The van der Waals surface area contributed by atoms with Gasteiger partial charge in [0.15, 0.2) is 0 Å². The van der Waals surface area contributed by atoms with E-state index in [1.807, 2.05) is 19.9 Å². The fraction of sp³-hybridized carbons (Fsp3) is 0.550. The van der Waals surface area contributed by atoms with E-state index in [-0.39, 0.29) is 18.7 Å². The molecule has 0 fully saturated rings. The summed E-state index contributed by atoms with van der Waals surface area (Å²) in [6.45, 7) is 7.44. The zero-order valence-electron chi connectivity index (χ0n) is 15.2. The molecule has 0 amide bonds. The number of carbonyl (C=O) groups excluding carboxylic acids is 1. The van der Waals surface area contributed by atoms with Gasteiger partial charge in [-0.15, -0.1) is 0 Å². The maximum Gasteiger partial charge on any atom is 0.334 e. The summed E-state index contributed by atoms with van der Waals surface area (Å²) in [6.07, 6.45) is 12.0. The third kappa shape index (κ3) is 7.75. The smallest absolute Gasteiger partial charge is 0.334 e. The summed E-state index contributed by atoms with van der Waals surface area (Å²) >= 11 is 0. The summed E-state index contributed by atoms with van der Waals surface area (Å²) in [5.41, 5.74) is 1.98. The van der Waals surface area contributed by atoms with Crippen molar-refractivity contribution < 1.29 is 19.7 Å². The van der Waals surface area contributed by atoms with E-state index in [0.717, 1.165) is 24.0 Å². The van der Waals surface area contributed by atoms with Crippen LogP contribution in [0.25, 0.3) is 0 Å². The molecule has 1 heterocycles. The Labute approximate surface area is 145 Å². The highest BCUT2D eigenvalue weighted by molar-refractivity contribution is 5.89. The summed E-state index contributed by atoms with van der Waals surface area (Å²) in [4.78, 5) is 12.1. The molecule has 0 aliphatic carbocycles. The molecule has 4 heteroatoms. The van der Waals surface area contributed by atoms with Gasteiger partial charge in [0.05, 0.1) is 12.2 Å². The molecular weight excluding hydrogens is 304 g/mol. The highest BCUT2D eigenvalue weighted by atomic mass is 16.5. The molecule has 0 bridgehead atoms. The molecule has 4 nitrogen and oxygen atoms in total. The molecule has 0 aromatic carbocycles. The highest BCUT2D eigenvalue weighted by Crippen LogP contribution is 2.23. The second-order valence-corrected chi connectivity index (χ2v) is 6.84. The van der Waals surface area contributed by atoms with Crippen LogP contribution in [-0.2, 0) is 9.53 Å². The second-order valence-electron chi connectivity index (χ2n) is 6.84. The van der Waals surface area contributed by atoms with E-state index in [9.17, 15) is 9.90 Å². The van der Waals surface area contributed by atoms with Gasteiger partial charge in [-0.3, -0.25) is 0 Å². The minimum absolute atomic E-state index is 0.0737. The summed E-state index contributed by atoms with van der Waals surface area (Å²) < 4.78 is 5.52. The van der Waals surface area contributed by atoms with Gasteiger partial charge in [-0.05, 0) is 52.5 Å². The number of allylic oxidation sites excluding steroid dienone is 3. The number of cyclic esters (lactones) is 1. The molecule has 134 valence electrons. The topological polar surface area (TPSA) is 66.8 Å². The Hall–Kier alpha value is -1.65. The van der Waals surface area contributed by atoms with E-state index < -0.39 is 5.60 Å². The molecule has 1 aliphatic rings. The fourth-order valence-electron chi connectivity index (χ4n) is 2.42. The first-order valence-electron chi connectivity index (χ1n) is 8.46. The largest absolute Gasteiger partial charge is 0.454 e. The molecule has 0 aromatic rings. The Kier molecular flexibility index (Phi) is 8.16. The van der Waals surface area contributed by atoms with Crippen LogP contribution < -0.4 is 0 Å². The van der Waals surface area contributed by atoms with E-state index >= 15 is 0 Å². The van der Waals surface area contributed by atoms with Crippen molar-refractivity contribution in [3.05, 3.63) is 47.1 Å². The summed E-state index contributed by atoms with van der Waals surface area (Å²) in [6, 6.07) is 0. The summed E-state index contributed by atoms with van der Waals surface area (Å²) in [5, 5.41) is 18.5. The Balaban J connectivity index is 2.55.